The fourth-order valence-electron chi connectivity index (χ4n) is 2.85. The van der Waals surface area contributed by atoms with Gasteiger partial charge in [-0.2, -0.15) is 4.31 Å². The number of sulfonamides is 1. The van der Waals surface area contributed by atoms with Gasteiger partial charge >= 0.3 is 5.97 Å². The molecule has 0 saturated carbocycles. The molecule has 8 heteroatoms. The Labute approximate surface area is 149 Å². The quantitative estimate of drug-likeness (QED) is 0.818. The molecule has 0 spiro atoms. The lowest BCUT2D eigenvalue weighted by Crippen LogP contribution is -2.36. The number of hydrogen-bond donors (Lipinski definition) is 1. The molecule has 0 unspecified atom stereocenters. The first-order valence-corrected chi connectivity index (χ1v) is 9.86. The van der Waals surface area contributed by atoms with Gasteiger partial charge in [-0.05, 0) is 51.0 Å². The summed E-state index contributed by atoms with van der Waals surface area (Å²) in [6, 6.07) is 4.89. The summed E-state index contributed by atoms with van der Waals surface area (Å²) < 4.78 is 32.9. The van der Waals surface area contributed by atoms with Gasteiger partial charge in [0.1, 0.15) is 5.75 Å². The first-order valence-electron chi connectivity index (χ1n) is 8.42. The van der Waals surface area contributed by atoms with Gasteiger partial charge < -0.3 is 9.84 Å². The van der Waals surface area contributed by atoms with Crippen molar-refractivity contribution in [2.24, 2.45) is 0 Å². The molecule has 1 aliphatic rings. The molecule has 2 rings (SSSR count). The maximum Gasteiger partial charge on any atom is 0.317 e. The number of aliphatic carboxylic acids is 1. The minimum Gasteiger partial charge on any atom is -0.491 e. The minimum absolute atomic E-state index is 0.0204. The van der Waals surface area contributed by atoms with E-state index in [0.29, 0.717) is 38.3 Å². The lowest BCUT2D eigenvalue weighted by atomic mass is 10.2. The molecule has 1 aromatic rings. The topological polar surface area (TPSA) is 87.2 Å². The molecule has 0 aromatic heterocycles. The lowest BCUT2D eigenvalue weighted by molar-refractivity contribution is -0.138. The third-order valence-electron chi connectivity index (χ3n) is 4.05. The molecular weight excluding hydrogens is 344 g/mol. The molecule has 1 aromatic carbocycles. The molecule has 140 valence electrons. The molecule has 0 atom stereocenters. The molecule has 1 heterocycles. The van der Waals surface area contributed by atoms with Crippen LogP contribution in [-0.2, 0) is 14.8 Å². The van der Waals surface area contributed by atoms with Crippen molar-refractivity contribution in [3.63, 3.8) is 0 Å². The third-order valence-corrected chi connectivity index (χ3v) is 5.95. The van der Waals surface area contributed by atoms with E-state index in [-0.39, 0.29) is 17.5 Å². The summed E-state index contributed by atoms with van der Waals surface area (Å²) in [5.41, 5.74) is 0.775. The van der Waals surface area contributed by atoms with E-state index in [4.69, 9.17) is 9.84 Å². The second-order valence-electron chi connectivity index (χ2n) is 6.52. The number of carbonyl (C=O) groups is 1. The average Bonchev–Trinajstić information content (AvgIpc) is 2.74. The van der Waals surface area contributed by atoms with Crippen molar-refractivity contribution in [3.05, 3.63) is 23.8 Å². The van der Waals surface area contributed by atoms with E-state index in [1.54, 1.807) is 23.1 Å². The maximum absolute atomic E-state index is 12.9. The molecule has 1 aliphatic heterocycles. The number of ether oxygens (including phenoxy) is 1. The van der Waals surface area contributed by atoms with Crippen molar-refractivity contribution in [1.82, 2.24) is 9.21 Å². The van der Waals surface area contributed by atoms with Crippen molar-refractivity contribution in [2.45, 2.75) is 38.2 Å². The highest BCUT2D eigenvalue weighted by Crippen LogP contribution is 2.25. The average molecular weight is 370 g/mol. The van der Waals surface area contributed by atoms with Crippen LogP contribution in [-0.4, -0.2) is 67.5 Å². The van der Waals surface area contributed by atoms with E-state index < -0.39 is 16.0 Å². The molecule has 0 radical (unpaired) electrons. The Morgan fingerprint density at radius 3 is 2.56 bits per heavy atom. The number of aryl methyl sites for hydroxylation is 1. The number of carboxylic acids is 1. The molecular formula is C17H26N2O5S. The second-order valence-corrected chi connectivity index (χ2v) is 8.46. The van der Waals surface area contributed by atoms with Crippen molar-refractivity contribution < 1.29 is 23.1 Å². The minimum atomic E-state index is -3.60. The fourth-order valence-corrected chi connectivity index (χ4v) is 4.41. The van der Waals surface area contributed by atoms with Gasteiger partial charge in [0.2, 0.25) is 10.0 Å². The van der Waals surface area contributed by atoms with Crippen LogP contribution >= 0.6 is 0 Å². The molecule has 1 N–H and O–H groups in total. The maximum atomic E-state index is 12.9. The molecule has 7 nitrogen and oxygen atoms in total. The zero-order chi connectivity index (χ0) is 18.6. The fraction of sp³-hybridized carbons (Fsp3) is 0.588. The second kappa shape index (κ2) is 8.16. The van der Waals surface area contributed by atoms with Gasteiger partial charge in [-0.1, -0.05) is 0 Å². The number of hydrogen-bond acceptors (Lipinski definition) is 5. The third kappa shape index (κ3) is 5.17. The van der Waals surface area contributed by atoms with Crippen LogP contribution in [0.3, 0.4) is 0 Å². The summed E-state index contributed by atoms with van der Waals surface area (Å²) in [7, 11) is -3.60. The zero-order valence-electron chi connectivity index (χ0n) is 14.9. The number of rotatable bonds is 6. The molecule has 1 fully saturated rings. The monoisotopic (exact) mass is 370 g/mol. The van der Waals surface area contributed by atoms with Gasteiger partial charge in [0.25, 0.3) is 0 Å². The Kier molecular flexibility index (Phi) is 6.42. The highest BCUT2D eigenvalue weighted by atomic mass is 32.2. The smallest absolute Gasteiger partial charge is 0.317 e. The van der Waals surface area contributed by atoms with E-state index in [1.165, 1.54) is 4.31 Å². The van der Waals surface area contributed by atoms with Crippen molar-refractivity contribution in [3.8, 4) is 5.75 Å². The summed E-state index contributed by atoms with van der Waals surface area (Å²) in [5.74, 6) is -0.217. The Morgan fingerprint density at radius 1 is 1.24 bits per heavy atom. The van der Waals surface area contributed by atoms with Gasteiger partial charge in [-0.25, -0.2) is 8.42 Å². The Bertz CT molecular complexity index is 718. The first kappa shape index (κ1) is 19.7. The number of nitrogens with zero attached hydrogens (tertiary/aromatic N) is 2. The highest BCUT2D eigenvalue weighted by Gasteiger charge is 2.27. The van der Waals surface area contributed by atoms with Crippen LogP contribution in [0, 0.1) is 6.92 Å². The van der Waals surface area contributed by atoms with Crippen LogP contribution in [0.15, 0.2) is 23.1 Å². The molecule has 25 heavy (non-hydrogen) atoms. The summed E-state index contributed by atoms with van der Waals surface area (Å²) in [4.78, 5) is 12.8. The summed E-state index contributed by atoms with van der Waals surface area (Å²) >= 11 is 0. The lowest BCUT2D eigenvalue weighted by Gasteiger charge is -2.21. The van der Waals surface area contributed by atoms with Crippen LogP contribution in [0.25, 0.3) is 0 Å². The Balaban J connectivity index is 2.15. The first-order chi connectivity index (χ1) is 11.7. The molecule has 0 bridgehead atoms. The number of benzene rings is 1. The Morgan fingerprint density at radius 2 is 1.96 bits per heavy atom. The van der Waals surface area contributed by atoms with E-state index in [0.717, 1.165) is 5.56 Å². The normalized spacial score (nSPS) is 17.4. The van der Waals surface area contributed by atoms with Crippen LogP contribution in [0.1, 0.15) is 25.8 Å². The molecule has 0 amide bonds. The standard InChI is InChI=1S/C17H26N2O5S/c1-13(2)24-16-6-5-15(11-14(16)3)25(22,23)19-8-4-7-18(9-10-19)12-17(20)21/h5-6,11,13H,4,7-10,12H2,1-3H3,(H,20,21). The van der Waals surface area contributed by atoms with E-state index >= 15 is 0 Å². The van der Waals surface area contributed by atoms with Crippen molar-refractivity contribution in [2.75, 3.05) is 32.7 Å². The van der Waals surface area contributed by atoms with Gasteiger partial charge in [0.15, 0.2) is 0 Å². The summed E-state index contributed by atoms with van der Waals surface area (Å²) in [6.45, 7) is 7.29. The molecule has 1 saturated heterocycles. The molecule has 0 aliphatic carbocycles. The summed E-state index contributed by atoms with van der Waals surface area (Å²) in [6.07, 6.45) is 0.632. The zero-order valence-corrected chi connectivity index (χ0v) is 15.8. The van der Waals surface area contributed by atoms with Crippen molar-refractivity contribution in [1.29, 1.82) is 0 Å². The number of carboxylic acid groups (broad SMARTS) is 1. The van der Waals surface area contributed by atoms with E-state index in [1.807, 2.05) is 20.8 Å². The van der Waals surface area contributed by atoms with Crippen LogP contribution in [0.2, 0.25) is 0 Å². The van der Waals surface area contributed by atoms with Gasteiger partial charge in [0, 0.05) is 26.2 Å². The van der Waals surface area contributed by atoms with Gasteiger partial charge in [0.05, 0.1) is 17.5 Å². The van der Waals surface area contributed by atoms with E-state index in [9.17, 15) is 13.2 Å². The van der Waals surface area contributed by atoms with E-state index in [2.05, 4.69) is 0 Å². The van der Waals surface area contributed by atoms with Crippen molar-refractivity contribution >= 4 is 16.0 Å². The van der Waals surface area contributed by atoms with Gasteiger partial charge in [-0.3, -0.25) is 9.69 Å². The Hall–Kier alpha value is -1.64. The van der Waals surface area contributed by atoms with Crippen LogP contribution < -0.4 is 4.74 Å². The predicted octanol–water partition coefficient (Wildman–Crippen LogP) is 1.56. The summed E-state index contributed by atoms with van der Waals surface area (Å²) in [5, 5.41) is 8.89. The SMILES string of the molecule is Cc1cc(S(=O)(=O)N2CCCN(CC(=O)O)CC2)ccc1OC(C)C. The van der Waals surface area contributed by atoms with Crippen LogP contribution in [0.5, 0.6) is 5.75 Å². The highest BCUT2D eigenvalue weighted by molar-refractivity contribution is 7.89. The van der Waals surface area contributed by atoms with Crippen LogP contribution in [0.4, 0.5) is 0 Å². The largest absolute Gasteiger partial charge is 0.491 e. The van der Waals surface area contributed by atoms with Gasteiger partial charge in [-0.15, -0.1) is 0 Å². The predicted molar refractivity (Wildman–Crippen MR) is 94.4 cm³/mol.